The van der Waals surface area contributed by atoms with Crippen molar-refractivity contribution in [2.24, 2.45) is 0 Å². The van der Waals surface area contributed by atoms with Crippen LogP contribution < -0.4 is 4.74 Å². The molecule has 0 atom stereocenters. The number of halogens is 6. The van der Waals surface area contributed by atoms with Crippen molar-refractivity contribution in [3.05, 3.63) is 47.8 Å². The Hall–Kier alpha value is -2.76. The molecular formula is C15H8F6N2O. The summed E-state index contributed by atoms with van der Waals surface area (Å²) in [6.07, 6.45) is -9.32. The van der Waals surface area contributed by atoms with Crippen LogP contribution in [0.1, 0.15) is 11.3 Å². The summed E-state index contributed by atoms with van der Waals surface area (Å²) in [5, 5.41) is 8.74. The molecule has 0 saturated carbocycles. The van der Waals surface area contributed by atoms with Gasteiger partial charge in [-0.25, -0.2) is 0 Å². The molecule has 0 radical (unpaired) electrons. The predicted octanol–water partition coefficient (Wildman–Crippen LogP) is 4.73. The normalized spacial score (nSPS) is 11.9. The molecule has 0 N–H and O–H groups in total. The summed E-state index contributed by atoms with van der Waals surface area (Å²) in [5.41, 5.74) is -1.10. The maximum absolute atomic E-state index is 12.8. The van der Waals surface area contributed by atoms with Crippen LogP contribution in [0.15, 0.2) is 36.5 Å². The van der Waals surface area contributed by atoms with Gasteiger partial charge < -0.3 is 4.74 Å². The lowest BCUT2D eigenvalue weighted by molar-refractivity contribution is -0.274. The van der Waals surface area contributed by atoms with Gasteiger partial charge in [0.05, 0.1) is 23.7 Å². The average molecular weight is 346 g/mol. The molecule has 0 unspecified atom stereocenters. The van der Waals surface area contributed by atoms with E-state index in [0.29, 0.717) is 6.20 Å². The average Bonchev–Trinajstić information content (AvgIpc) is 2.45. The highest BCUT2D eigenvalue weighted by Gasteiger charge is 2.33. The molecule has 2 aromatic rings. The minimum absolute atomic E-state index is 0.0228. The molecule has 0 spiro atoms. The van der Waals surface area contributed by atoms with Crippen LogP contribution in [0.25, 0.3) is 11.1 Å². The standard InChI is InChI=1S/C15H8F6N2O/c16-14(17,18)10-7-12(13(4-5-22)23-8-10)9-2-1-3-11(6-9)24-15(19,20)21/h1-3,6-8H,4H2. The second-order valence-electron chi connectivity index (χ2n) is 4.63. The van der Waals surface area contributed by atoms with Gasteiger partial charge in [0.25, 0.3) is 0 Å². The lowest BCUT2D eigenvalue weighted by Gasteiger charge is -2.13. The van der Waals surface area contributed by atoms with Crippen molar-refractivity contribution in [2.45, 2.75) is 19.0 Å². The van der Waals surface area contributed by atoms with E-state index in [9.17, 15) is 26.3 Å². The van der Waals surface area contributed by atoms with Gasteiger partial charge in [-0.3, -0.25) is 4.98 Å². The van der Waals surface area contributed by atoms with Gasteiger partial charge in [0.15, 0.2) is 0 Å². The summed E-state index contributed by atoms with van der Waals surface area (Å²) in [5.74, 6) is -0.583. The van der Waals surface area contributed by atoms with Crippen LogP contribution in [0.3, 0.4) is 0 Å². The fraction of sp³-hybridized carbons (Fsp3) is 0.200. The smallest absolute Gasteiger partial charge is 0.406 e. The van der Waals surface area contributed by atoms with E-state index in [2.05, 4.69) is 9.72 Å². The van der Waals surface area contributed by atoms with Crippen molar-refractivity contribution in [3.8, 4) is 22.9 Å². The molecule has 0 fully saturated rings. The van der Waals surface area contributed by atoms with E-state index >= 15 is 0 Å². The highest BCUT2D eigenvalue weighted by atomic mass is 19.4. The maximum atomic E-state index is 12.8. The molecule has 0 aliphatic heterocycles. The fourth-order valence-electron chi connectivity index (χ4n) is 1.97. The number of hydrogen-bond acceptors (Lipinski definition) is 3. The van der Waals surface area contributed by atoms with Crippen molar-refractivity contribution >= 4 is 0 Å². The van der Waals surface area contributed by atoms with E-state index in [-0.39, 0.29) is 23.2 Å². The van der Waals surface area contributed by atoms with Crippen LogP contribution in [0.5, 0.6) is 5.75 Å². The van der Waals surface area contributed by atoms with Gasteiger partial charge in [-0.1, -0.05) is 12.1 Å². The highest BCUT2D eigenvalue weighted by molar-refractivity contribution is 5.68. The Morgan fingerprint density at radius 3 is 2.38 bits per heavy atom. The number of aromatic nitrogens is 1. The SMILES string of the molecule is N#CCc1ncc(C(F)(F)F)cc1-c1cccc(OC(F)(F)F)c1. The Morgan fingerprint density at radius 1 is 1.08 bits per heavy atom. The van der Waals surface area contributed by atoms with Crippen LogP contribution in [0.4, 0.5) is 26.3 Å². The fourth-order valence-corrected chi connectivity index (χ4v) is 1.97. The van der Waals surface area contributed by atoms with Crippen molar-refractivity contribution in [3.63, 3.8) is 0 Å². The predicted molar refractivity (Wildman–Crippen MR) is 70.7 cm³/mol. The summed E-state index contributed by atoms with van der Waals surface area (Å²) >= 11 is 0. The molecule has 0 aliphatic rings. The molecule has 0 bridgehead atoms. The third-order valence-electron chi connectivity index (χ3n) is 2.92. The molecule has 24 heavy (non-hydrogen) atoms. The summed E-state index contributed by atoms with van der Waals surface area (Å²) in [6, 6.07) is 6.95. The number of benzene rings is 1. The number of alkyl halides is 6. The van der Waals surface area contributed by atoms with Crippen LogP contribution in [-0.2, 0) is 12.6 Å². The van der Waals surface area contributed by atoms with E-state index in [1.165, 1.54) is 12.1 Å². The minimum Gasteiger partial charge on any atom is -0.406 e. The molecule has 0 aliphatic carbocycles. The lowest BCUT2D eigenvalue weighted by Crippen LogP contribution is -2.17. The zero-order valence-electron chi connectivity index (χ0n) is 11.7. The first-order valence-electron chi connectivity index (χ1n) is 6.39. The second kappa shape index (κ2) is 6.39. The number of ether oxygens (including phenoxy) is 1. The first-order valence-corrected chi connectivity index (χ1v) is 6.39. The highest BCUT2D eigenvalue weighted by Crippen LogP contribution is 2.34. The Bertz CT molecular complexity index is 777. The zero-order chi connectivity index (χ0) is 18.0. The Morgan fingerprint density at radius 2 is 1.79 bits per heavy atom. The summed E-state index contributed by atoms with van der Waals surface area (Å²) in [4.78, 5) is 3.61. The van der Waals surface area contributed by atoms with Gasteiger partial charge in [-0.2, -0.15) is 18.4 Å². The quantitative estimate of drug-likeness (QED) is 0.755. The van der Waals surface area contributed by atoms with E-state index in [1.807, 2.05) is 0 Å². The van der Waals surface area contributed by atoms with Crippen molar-refractivity contribution in [1.82, 2.24) is 4.98 Å². The van der Waals surface area contributed by atoms with E-state index in [0.717, 1.165) is 18.2 Å². The van der Waals surface area contributed by atoms with Crippen molar-refractivity contribution < 1.29 is 31.1 Å². The molecule has 2 rings (SSSR count). The molecule has 126 valence electrons. The van der Waals surface area contributed by atoms with Gasteiger partial charge >= 0.3 is 12.5 Å². The number of nitriles is 1. The topological polar surface area (TPSA) is 45.9 Å². The Labute approximate surface area is 132 Å². The maximum Gasteiger partial charge on any atom is 0.573 e. The van der Waals surface area contributed by atoms with Gasteiger partial charge in [0.1, 0.15) is 5.75 Å². The first-order chi connectivity index (χ1) is 11.1. The third kappa shape index (κ3) is 4.38. The van der Waals surface area contributed by atoms with Gasteiger partial charge in [-0.05, 0) is 23.8 Å². The number of nitrogens with zero attached hydrogens (tertiary/aromatic N) is 2. The molecule has 3 nitrogen and oxygen atoms in total. The summed E-state index contributed by atoms with van der Waals surface area (Å²) in [6.45, 7) is 0. The molecular weight excluding hydrogens is 338 g/mol. The van der Waals surface area contributed by atoms with E-state index in [1.54, 1.807) is 6.07 Å². The Balaban J connectivity index is 2.53. The molecule has 9 heteroatoms. The van der Waals surface area contributed by atoms with Crippen LogP contribution in [0, 0.1) is 11.3 Å². The number of hydrogen-bond donors (Lipinski definition) is 0. The second-order valence-corrected chi connectivity index (χ2v) is 4.63. The molecule has 0 amide bonds. The lowest BCUT2D eigenvalue weighted by atomic mass is 10.0. The van der Waals surface area contributed by atoms with Crippen molar-refractivity contribution in [1.29, 1.82) is 5.26 Å². The molecule has 1 heterocycles. The zero-order valence-corrected chi connectivity index (χ0v) is 11.7. The summed E-state index contributed by atoms with van der Waals surface area (Å²) < 4.78 is 79.0. The molecule has 1 aromatic heterocycles. The van der Waals surface area contributed by atoms with Crippen molar-refractivity contribution in [2.75, 3.05) is 0 Å². The largest absolute Gasteiger partial charge is 0.573 e. The van der Waals surface area contributed by atoms with Gasteiger partial charge in [0, 0.05) is 11.8 Å². The number of pyridine rings is 1. The third-order valence-corrected chi connectivity index (χ3v) is 2.92. The monoisotopic (exact) mass is 346 g/mol. The number of rotatable bonds is 3. The van der Waals surface area contributed by atoms with E-state index < -0.39 is 23.9 Å². The van der Waals surface area contributed by atoms with Crippen LogP contribution in [-0.4, -0.2) is 11.3 Å². The van der Waals surface area contributed by atoms with E-state index in [4.69, 9.17) is 5.26 Å². The van der Waals surface area contributed by atoms with Gasteiger partial charge in [-0.15, -0.1) is 13.2 Å². The molecule has 0 saturated heterocycles. The first kappa shape index (κ1) is 17.6. The van der Waals surface area contributed by atoms with Gasteiger partial charge in [0.2, 0.25) is 0 Å². The Kier molecular flexibility index (Phi) is 4.68. The molecule has 1 aromatic carbocycles. The van der Waals surface area contributed by atoms with Crippen LogP contribution >= 0.6 is 0 Å². The minimum atomic E-state index is -4.93. The van der Waals surface area contributed by atoms with Crippen LogP contribution in [0.2, 0.25) is 0 Å². The summed E-state index contributed by atoms with van der Waals surface area (Å²) in [7, 11) is 0.